The van der Waals surface area contributed by atoms with Gasteiger partial charge in [0.05, 0.1) is 10.5 Å². The van der Waals surface area contributed by atoms with Crippen molar-refractivity contribution in [3.05, 3.63) is 59.7 Å². The quantitative estimate of drug-likeness (QED) is 0.633. The summed E-state index contributed by atoms with van der Waals surface area (Å²) in [6.45, 7) is 0. The van der Waals surface area contributed by atoms with Gasteiger partial charge in [-0.2, -0.15) is 0 Å². The molecule has 5 nitrogen and oxygen atoms in total. The lowest BCUT2D eigenvalue weighted by Crippen LogP contribution is -2.22. The summed E-state index contributed by atoms with van der Waals surface area (Å²) in [5, 5.41) is 0. The summed E-state index contributed by atoms with van der Waals surface area (Å²) < 4.78 is 55.9. The highest BCUT2D eigenvalue weighted by atomic mass is 32.2. The van der Waals surface area contributed by atoms with Gasteiger partial charge in [-0.05, 0) is 30.3 Å². The Hall–Kier alpha value is -2.32. The molecule has 2 aromatic rings. The second-order valence-electron chi connectivity index (χ2n) is 4.78. The molecule has 2 rings (SSSR count). The number of ether oxygens (including phenoxy) is 1. The van der Waals surface area contributed by atoms with E-state index >= 15 is 0 Å². The van der Waals surface area contributed by atoms with Crippen LogP contribution in [0.4, 0.5) is 8.78 Å². The molecular formula is C15H13F2NO4S. The van der Waals surface area contributed by atoms with Crippen molar-refractivity contribution in [1.82, 2.24) is 4.31 Å². The van der Waals surface area contributed by atoms with Gasteiger partial charge in [-0.15, -0.1) is 0 Å². The minimum absolute atomic E-state index is 0.0299. The van der Waals surface area contributed by atoms with Crippen LogP contribution in [0.5, 0.6) is 5.75 Å². The predicted molar refractivity (Wildman–Crippen MR) is 78.6 cm³/mol. The number of rotatable bonds is 4. The van der Waals surface area contributed by atoms with Crippen molar-refractivity contribution in [3.63, 3.8) is 0 Å². The Balaban J connectivity index is 2.28. The zero-order valence-electron chi connectivity index (χ0n) is 12.3. The number of hydrogen-bond donors (Lipinski definition) is 0. The number of nitrogens with zero attached hydrogens (tertiary/aromatic N) is 1. The monoisotopic (exact) mass is 341 g/mol. The summed E-state index contributed by atoms with van der Waals surface area (Å²) in [6, 6.07) is 7.88. The Morgan fingerprint density at radius 3 is 2.35 bits per heavy atom. The van der Waals surface area contributed by atoms with E-state index in [4.69, 9.17) is 4.74 Å². The van der Waals surface area contributed by atoms with E-state index in [1.807, 2.05) is 0 Å². The molecule has 0 N–H and O–H groups in total. The number of esters is 1. The highest BCUT2D eigenvalue weighted by Gasteiger charge is 2.19. The van der Waals surface area contributed by atoms with Crippen molar-refractivity contribution in [2.75, 3.05) is 14.1 Å². The van der Waals surface area contributed by atoms with Gasteiger partial charge in [0.25, 0.3) is 0 Å². The average molecular weight is 341 g/mol. The van der Waals surface area contributed by atoms with Gasteiger partial charge in [0, 0.05) is 20.2 Å². The van der Waals surface area contributed by atoms with Crippen LogP contribution >= 0.6 is 0 Å². The SMILES string of the molecule is CN(C)S(=O)(=O)c1cccc(C(=O)Oc2ccc(F)c(F)c2)c1. The molecular weight excluding hydrogens is 328 g/mol. The molecule has 0 heterocycles. The molecule has 2 aromatic carbocycles. The third-order valence-corrected chi connectivity index (χ3v) is 4.76. The highest BCUT2D eigenvalue weighted by Crippen LogP contribution is 2.19. The van der Waals surface area contributed by atoms with Gasteiger partial charge in [0.1, 0.15) is 5.75 Å². The molecule has 8 heteroatoms. The molecule has 0 aliphatic heterocycles. The predicted octanol–water partition coefficient (Wildman–Crippen LogP) is 2.43. The lowest BCUT2D eigenvalue weighted by atomic mass is 10.2. The Bertz CT molecular complexity index is 850. The second kappa shape index (κ2) is 6.43. The molecule has 0 fully saturated rings. The van der Waals surface area contributed by atoms with Gasteiger partial charge in [-0.3, -0.25) is 0 Å². The van der Waals surface area contributed by atoms with Gasteiger partial charge in [-0.25, -0.2) is 26.3 Å². The molecule has 0 radical (unpaired) electrons. The third-order valence-electron chi connectivity index (χ3n) is 2.95. The van der Waals surface area contributed by atoms with Gasteiger partial charge in [-0.1, -0.05) is 6.07 Å². The lowest BCUT2D eigenvalue weighted by Gasteiger charge is -2.12. The van der Waals surface area contributed by atoms with Gasteiger partial charge >= 0.3 is 5.97 Å². The van der Waals surface area contributed by atoms with Crippen LogP contribution in [0.3, 0.4) is 0 Å². The molecule has 23 heavy (non-hydrogen) atoms. The van der Waals surface area contributed by atoms with E-state index in [-0.39, 0.29) is 16.2 Å². The second-order valence-corrected chi connectivity index (χ2v) is 6.93. The van der Waals surface area contributed by atoms with E-state index in [2.05, 4.69) is 0 Å². The average Bonchev–Trinajstić information content (AvgIpc) is 2.51. The van der Waals surface area contributed by atoms with Crippen molar-refractivity contribution in [2.45, 2.75) is 4.90 Å². The normalized spacial score (nSPS) is 11.5. The maximum atomic E-state index is 13.1. The van der Waals surface area contributed by atoms with Gasteiger partial charge < -0.3 is 4.74 Å². The molecule has 0 spiro atoms. The number of carbonyl (C=O) groups excluding carboxylic acids is 1. The van der Waals surface area contributed by atoms with E-state index in [0.29, 0.717) is 0 Å². The molecule has 0 unspecified atom stereocenters. The van der Waals surface area contributed by atoms with Crippen molar-refractivity contribution in [3.8, 4) is 5.75 Å². The Labute approximate surface area is 132 Å². The number of benzene rings is 2. The third kappa shape index (κ3) is 3.72. The largest absolute Gasteiger partial charge is 0.423 e. The van der Waals surface area contributed by atoms with Crippen molar-refractivity contribution >= 4 is 16.0 Å². The van der Waals surface area contributed by atoms with Gasteiger partial charge in [0.2, 0.25) is 10.0 Å². The minimum Gasteiger partial charge on any atom is -0.423 e. The van der Waals surface area contributed by atoms with E-state index < -0.39 is 27.6 Å². The maximum absolute atomic E-state index is 13.1. The van der Waals surface area contributed by atoms with Crippen LogP contribution in [-0.4, -0.2) is 32.8 Å². The Kier molecular flexibility index (Phi) is 4.76. The first-order valence-electron chi connectivity index (χ1n) is 6.41. The Morgan fingerprint density at radius 1 is 1.04 bits per heavy atom. The smallest absolute Gasteiger partial charge is 0.343 e. The van der Waals surface area contributed by atoms with E-state index in [0.717, 1.165) is 28.6 Å². The van der Waals surface area contributed by atoms with Gasteiger partial charge in [0.15, 0.2) is 11.6 Å². The van der Waals surface area contributed by atoms with E-state index in [1.165, 1.54) is 32.3 Å². The standard InChI is InChI=1S/C15H13F2NO4S/c1-18(2)23(20,21)12-5-3-4-10(8-12)15(19)22-11-6-7-13(16)14(17)9-11/h3-9H,1-2H3. The summed E-state index contributed by atoms with van der Waals surface area (Å²) in [4.78, 5) is 11.9. The summed E-state index contributed by atoms with van der Waals surface area (Å²) in [5.41, 5.74) is -0.0299. The van der Waals surface area contributed by atoms with E-state index in [1.54, 1.807) is 0 Å². The number of halogens is 2. The lowest BCUT2D eigenvalue weighted by molar-refractivity contribution is 0.0734. The first-order chi connectivity index (χ1) is 10.7. The topological polar surface area (TPSA) is 63.7 Å². The van der Waals surface area contributed by atoms with Crippen LogP contribution in [-0.2, 0) is 10.0 Å². The fourth-order valence-corrected chi connectivity index (χ4v) is 2.65. The molecule has 0 saturated heterocycles. The van der Waals surface area contributed by atoms with Crippen LogP contribution < -0.4 is 4.74 Å². The summed E-state index contributed by atoms with van der Waals surface area (Å²) in [6.07, 6.45) is 0. The summed E-state index contributed by atoms with van der Waals surface area (Å²) in [7, 11) is -0.977. The molecule has 122 valence electrons. The minimum atomic E-state index is -3.70. The van der Waals surface area contributed by atoms with Crippen LogP contribution in [0, 0.1) is 11.6 Å². The number of carbonyl (C=O) groups is 1. The molecule has 0 aliphatic rings. The summed E-state index contributed by atoms with van der Waals surface area (Å²) in [5.74, 6) is -3.29. The first-order valence-corrected chi connectivity index (χ1v) is 7.85. The number of sulfonamides is 1. The molecule has 0 bridgehead atoms. The number of hydrogen-bond acceptors (Lipinski definition) is 4. The fourth-order valence-electron chi connectivity index (χ4n) is 1.70. The van der Waals surface area contributed by atoms with Crippen molar-refractivity contribution < 1.29 is 26.7 Å². The zero-order chi connectivity index (χ0) is 17.2. The van der Waals surface area contributed by atoms with Crippen molar-refractivity contribution in [2.24, 2.45) is 0 Å². The van der Waals surface area contributed by atoms with Crippen LogP contribution in [0.2, 0.25) is 0 Å². The molecule has 0 atom stereocenters. The molecule has 0 saturated carbocycles. The fraction of sp³-hybridized carbons (Fsp3) is 0.133. The van der Waals surface area contributed by atoms with E-state index in [9.17, 15) is 22.0 Å². The molecule has 0 amide bonds. The summed E-state index contributed by atoms with van der Waals surface area (Å²) >= 11 is 0. The van der Waals surface area contributed by atoms with Crippen molar-refractivity contribution in [1.29, 1.82) is 0 Å². The molecule has 0 aliphatic carbocycles. The highest BCUT2D eigenvalue weighted by molar-refractivity contribution is 7.89. The first kappa shape index (κ1) is 17.0. The molecule has 0 aromatic heterocycles. The van der Waals surface area contributed by atoms with Crippen LogP contribution in [0.25, 0.3) is 0 Å². The zero-order valence-corrected chi connectivity index (χ0v) is 13.1. The Morgan fingerprint density at radius 2 is 1.74 bits per heavy atom. The van der Waals surface area contributed by atoms with Crippen LogP contribution in [0.1, 0.15) is 10.4 Å². The maximum Gasteiger partial charge on any atom is 0.343 e. The van der Waals surface area contributed by atoms with Crippen LogP contribution in [0.15, 0.2) is 47.4 Å².